The highest BCUT2D eigenvalue weighted by atomic mass is 16.6. The highest BCUT2D eigenvalue weighted by Gasteiger charge is 2.49. The molecule has 1 saturated heterocycles. The van der Waals surface area contributed by atoms with Gasteiger partial charge in [-0.2, -0.15) is 14.8 Å². The van der Waals surface area contributed by atoms with Crippen LogP contribution in [0, 0.1) is 5.41 Å². The summed E-state index contributed by atoms with van der Waals surface area (Å²) < 4.78 is 15.1. The molecular formula is C26H38N12O4. The molecule has 0 spiro atoms. The van der Waals surface area contributed by atoms with Gasteiger partial charge in [0.15, 0.2) is 35.4 Å². The van der Waals surface area contributed by atoms with Gasteiger partial charge < -0.3 is 29.8 Å². The second-order valence-corrected chi connectivity index (χ2v) is 11.9. The minimum Gasteiger partial charge on any atom is -0.457 e. The van der Waals surface area contributed by atoms with Crippen LogP contribution in [0.4, 0.5) is 11.8 Å². The molecular weight excluding hydrogens is 544 g/mol. The quantitative estimate of drug-likeness (QED) is 0.206. The van der Waals surface area contributed by atoms with Crippen molar-refractivity contribution in [2.45, 2.75) is 78.0 Å². The van der Waals surface area contributed by atoms with E-state index >= 15 is 0 Å². The molecule has 0 radical (unpaired) electrons. The summed E-state index contributed by atoms with van der Waals surface area (Å²) in [6, 6.07) is -0.0373. The molecule has 42 heavy (non-hydrogen) atoms. The number of hydrogen-bond donors (Lipinski definition) is 3. The molecule has 0 bridgehead atoms. The molecule has 0 unspecified atom stereocenters. The number of ether oxygens (including phenoxy) is 2. The third-order valence-electron chi connectivity index (χ3n) is 6.87. The van der Waals surface area contributed by atoms with Crippen molar-refractivity contribution in [2.75, 3.05) is 23.7 Å². The molecule has 0 saturated carbocycles. The number of hydrogen-bond acceptors (Lipinski definition) is 13. The number of fused-ring (bicyclic) bond motifs is 1. The molecule has 3 N–H and O–H groups in total. The first-order chi connectivity index (χ1) is 20.0. The minimum atomic E-state index is -1.26. The van der Waals surface area contributed by atoms with E-state index in [-0.39, 0.29) is 23.8 Å². The Bertz CT molecular complexity index is 1510. The number of aliphatic hydroxyl groups excluding tert-OH is 1. The van der Waals surface area contributed by atoms with Crippen molar-refractivity contribution >= 4 is 29.4 Å². The number of nitrogens with one attached hydrogen (secondary N) is 2. The normalized spacial score (nSPS) is 20.9. The van der Waals surface area contributed by atoms with Crippen molar-refractivity contribution in [3.63, 3.8) is 0 Å². The van der Waals surface area contributed by atoms with Crippen LogP contribution in [0.5, 0.6) is 0 Å². The van der Waals surface area contributed by atoms with E-state index in [2.05, 4.69) is 56.8 Å². The van der Waals surface area contributed by atoms with Crippen molar-refractivity contribution in [2.24, 2.45) is 12.5 Å². The fraction of sp³-hybridized carbons (Fsp3) is 0.615. The number of tetrazole rings is 1. The Balaban J connectivity index is 1.46. The maximum Gasteiger partial charge on any atom is 0.293 e. The SMILES string of the molecule is CC(C)n1nnc([C@H]2O[C@@H](n3cnc4c(NCCC(C)(C)C)nc(NCCc5cn(C)cn5)nc43)[C@H](OC=O)[C@@H]2O)n1. The lowest BCUT2D eigenvalue weighted by molar-refractivity contribution is -0.142. The third kappa shape index (κ3) is 6.33. The molecule has 0 aromatic carbocycles. The van der Waals surface area contributed by atoms with Crippen molar-refractivity contribution in [3.8, 4) is 0 Å². The van der Waals surface area contributed by atoms with Gasteiger partial charge in [0.05, 0.1) is 24.4 Å². The second kappa shape index (κ2) is 12.0. The zero-order valence-corrected chi connectivity index (χ0v) is 24.7. The number of anilines is 2. The molecule has 0 amide bonds. The molecule has 4 atom stereocenters. The van der Waals surface area contributed by atoms with Crippen molar-refractivity contribution < 1.29 is 19.4 Å². The second-order valence-electron chi connectivity index (χ2n) is 11.9. The maximum atomic E-state index is 11.5. The van der Waals surface area contributed by atoms with Crippen LogP contribution < -0.4 is 10.6 Å². The Kier molecular flexibility index (Phi) is 8.36. The predicted octanol–water partition coefficient (Wildman–Crippen LogP) is 1.80. The molecule has 226 valence electrons. The van der Waals surface area contributed by atoms with Crippen LogP contribution in [0.15, 0.2) is 18.9 Å². The first-order valence-corrected chi connectivity index (χ1v) is 14.0. The van der Waals surface area contributed by atoms with Gasteiger partial charge in [0.2, 0.25) is 11.8 Å². The predicted molar refractivity (Wildman–Crippen MR) is 151 cm³/mol. The summed E-state index contributed by atoms with van der Waals surface area (Å²) in [6.45, 7) is 11.8. The summed E-state index contributed by atoms with van der Waals surface area (Å²) in [6.07, 6.45) is 2.53. The van der Waals surface area contributed by atoms with E-state index in [0.717, 1.165) is 12.1 Å². The van der Waals surface area contributed by atoms with E-state index in [4.69, 9.17) is 19.4 Å². The third-order valence-corrected chi connectivity index (χ3v) is 6.87. The van der Waals surface area contributed by atoms with E-state index in [1.165, 1.54) is 11.1 Å². The monoisotopic (exact) mass is 582 g/mol. The highest BCUT2D eigenvalue weighted by Crippen LogP contribution is 2.40. The minimum absolute atomic E-state index is 0.0373. The van der Waals surface area contributed by atoms with E-state index in [1.807, 2.05) is 31.7 Å². The Labute approximate surface area is 242 Å². The van der Waals surface area contributed by atoms with Gasteiger partial charge in [-0.15, -0.1) is 10.2 Å². The van der Waals surface area contributed by atoms with Crippen LogP contribution in [-0.2, 0) is 27.7 Å². The van der Waals surface area contributed by atoms with Gasteiger partial charge >= 0.3 is 0 Å². The fourth-order valence-electron chi connectivity index (χ4n) is 4.63. The molecule has 16 heteroatoms. The summed E-state index contributed by atoms with van der Waals surface area (Å²) in [5.41, 5.74) is 2.00. The van der Waals surface area contributed by atoms with Gasteiger partial charge in [-0.25, -0.2) is 9.97 Å². The van der Waals surface area contributed by atoms with Crippen molar-refractivity contribution in [1.29, 1.82) is 0 Å². The number of imidazole rings is 2. The van der Waals surface area contributed by atoms with Gasteiger partial charge in [-0.05, 0) is 30.9 Å². The van der Waals surface area contributed by atoms with E-state index in [0.29, 0.717) is 42.4 Å². The zero-order valence-electron chi connectivity index (χ0n) is 24.7. The van der Waals surface area contributed by atoms with E-state index in [1.54, 1.807) is 10.9 Å². The standard InChI is InChI=1S/C26H38N12O4/c1-15(2)38-34-22(33-35-38)19-18(40)20(41-14-39)24(42-19)37-13-30-17-21(27-10-8-26(3,4)5)31-25(32-23(17)37)28-9-7-16-11-36(6)12-29-16/h11-15,18-20,24,40H,7-10H2,1-6H3,(H2,27,28,31,32)/t18-,19+,20-,24-/m1/s1. The van der Waals surface area contributed by atoms with E-state index in [9.17, 15) is 9.90 Å². The largest absolute Gasteiger partial charge is 0.457 e. The lowest BCUT2D eigenvalue weighted by atomic mass is 9.92. The Morgan fingerprint density at radius 1 is 1.17 bits per heavy atom. The Morgan fingerprint density at radius 3 is 2.64 bits per heavy atom. The maximum absolute atomic E-state index is 11.5. The molecule has 5 heterocycles. The summed E-state index contributed by atoms with van der Waals surface area (Å²) in [5.74, 6) is 1.11. The van der Waals surface area contributed by atoms with Crippen LogP contribution in [0.1, 0.15) is 70.9 Å². The summed E-state index contributed by atoms with van der Waals surface area (Å²) in [4.78, 5) is 31.3. The summed E-state index contributed by atoms with van der Waals surface area (Å²) >= 11 is 0. The first-order valence-electron chi connectivity index (χ1n) is 14.0. The molecule has 1 aliphatic heterocycles. The first kappa shape index (κ1) is 29.3. The number of carbonyl (C=O) groups excluding carboxylic acids is 1. The number of carbonyl (C=O) groups is 1. The number of aromatic nitrogens is 10. The molecule has 5 rings (SSSR count). The van der Waals surface area contributed by atoms with Gasteiger partial charge in [-0.3, -0.25) is 9.36 Å². The molecule has 16 nitrogen and oxygen atoms in total. The van der Waals surface area contributed by atoms with Gasteiger partial charge in [0, 0.05) is 32.8 Å². The average Bonchev–Trinajstić information content (AvgIpc) is 3.71. The summed E-state index contributed by atoms with van der Waals surface area (Å²) in [7, 11) is 1.92. The lowest BCUT2D eigenvalue weighted by Gasteiger charge is -2.20. The summed E-state index contributed by atoms with van der Waals surface area (Å²) in [5, 5.41) is 30.2. The Hall–Kier alpha value is -4.18. The Morgan fingerprint density at radius 2 is 1.98 bits per heavy atom. The lowest BCUT2D eigenvalue weighted by Crippen LogP contribution is -2.32. The van der Waals surface area contributed by atoms with Gasteiger partial charge in [-0.1, -0.05) is 20.8 Å². The average molecular weight is 583 g/mol. The van der Waals surface area contributed by atoms with Crippen LogP contribution in [-0.4, -0.2) is 86.2 Å². The molecule has 4 aromatic heterocycles. The fourth-order valence-corrected chi connectivity index (χ4v) is 4.63. The van der Waals surface area contributed by atoms with Crippen LogP contribution in [0.3, 0.4) is 0 Å². The van der Waals surface area contributed by atoms with E-state index < -0.39 is 24.5 Å². The van der Waals surface area contributed by atoms with Crippen LogP contribution >= 0.6 is 0 Å². The number of rotatable bonds is 12. The van der Waals surface area contributed by atoms with Crippen LogP contribution in [0.2, 0.25) is 0 Å². The number of nitrogens with zero attached hydrogens (tertiary/aromatic N) is 10. The van der Waals surface area contributed by atoms with Gasteiger partial charge in [0.1, 0.15) is 6.10 Å². The highest BCUT2D eigenvalue weighted by molar-refractivity contribution is 5.84. The van der Waals surface area contributed by atoms with Gasteiger partial charge in [0.25, 0.3) is 6.47 Å². The number of aryl methyl sites for hydroxylation is 1. The zero-order chi connectivity index (χ0) is 30.0. The molecule has 1 aliphatic rings. The smallest absolute Gasteiger partial charge is 0.293 e. The molecule has 0 aliphatic carbocycles. The van der Waals surface area contributed by atoms with Crippen molar-refractivity contribution in [1.82, 2.24) is 49.3 Å². The van der Waals surface area contributed by atoms with Crippen molar-refractivity contribution in [3.05, 3.63) is 30.4 Å². The molecule has 4 aromatic rings. The topological polar surface area (TPSA) is 185 Å². The number of aliphatic hydroxyl groups is 1. The van der Waals surface area contributed by atoms with Crippen LogP contribution in [0.25, 0.3) is 11.2 Å². The molecule has 1 fully saturated rings.